The van der Waals surface area contributed by atoms with Gasteiger partial charge in [0.1, 0.15) is 0 Å². The number of para-hydroxylation sites is 2. The minimum absolute atomic E-state index is 0.00378. The fourth-order valence-corrected chi connectivity index (χ4v) is 4.93. The van der Waals surface area contributed by atoms with Crippen molar-refractivity contribution in [2.45, 2.75) is 11.8 Å². The first-order chi connectivity index (χ1) is 19.2. The number of hydrogen-bond donors (Lipinski definition) is 3. The molecule has 5 rings (SSSR count). The monoisotopic (exact) mass is 554 g/mol. The van der Waals surface area contributed by atoms with Gasteiger partial charge in [-0.15, -0.1) is 0 Å². The van der Waals surface area contributed by atoms with Gasteiger partial charge in [-0.1, -0.05) is 24.3 Å². The van der Waals surface area contributed by atoms with E-state index in [0.29, 0.717) is 22.4 Å². The van der Waals surface area contributed by atoms with E-state index in [1.807, 2.05) is 12.1 Å². The number of carbonyl (C=O) groups excluding carboxylic acids is 1. The maximum atomic E-state index is 13.2. The number of amides is 1. The Kier molecular flexibility index (Phi) is 7.08. The highest BCUT2D eigenvalue weighted by atomic mass is 32.2. The third-order valence-electron chi connectivity index (χ3n) is 5.85. The van der Waals surface area contributed by atoms with Gasteiger partial charge < -0.3 is 10.6 Å². The van der Waals surface area contributed by atoms with Crippen molar-refractivity contribution in [1.29, 1.82) is 0 Å². The van der Waals surface area contributed by atoms with Gasteiger partial charge in [0.15, 0.2) is 11.6 Å². The maximum absolute atomic E-state index is 13.2. The van der Waals surface area contributed by atoms with Gasteiger partial charge in [-0.05, 0) is 71.8 Å². The first-order valence-electron chi connectivity index (χ1n) is 12.0. The molecule has 3 N–H and O–H groups in total. The van der Waals surface area contributed by atoms with Gasteiger partial charge in [0.25, 0.3) is 15.7 Å². The lowest BCUT2D eigenvalue weighted by Gasteiger charge is -2.14. The summed E-state index contributed by atoms with van der Waals surface area (Å²) < 4.78 is 28.9. The number of anilines is 4. The molecule has 1 heterocycles. The first kappa shape index (κ1) is 26.3. The van der Waals surface area contributed by atoms with Crippen molar-refractivity contribution in [3.05, 3.63) is 107 Å². The lowest BCUT2D eigenvalue weighted by Crippen LogP contribution is -2.16. The smallest absolute Gasteiger partial charge is 0.269 e. The number of nitro groups is 1. The molecule has 40 heavy (non-hydrogen) atoms. The largest absolute Gasteiger partial charge is 0.337 e. The van der Waals surface area contributed by atoms with E-state index in [2.05, 4.69) is 25.3 Å². The van der Waals surface area contributed by atoms with Crippen LogP contribution in [0.15, 0.2) is 102 Å². The predicted molar refractivity (Wildman–Crippen MR) is 153 cm³/mol. The van der Waals surface area contributed by atoms with E-state index in [1.165, 1.54) is 43.3 Å². The van der Waals surface area contributed by atoms with Gasteiger partial charge in [-0.2, -0.15) is 0 Å². The molecule has 1 aromatic heterocycles. The normalized spacial score (nSPS) is 11.1. The van der Waals surface area contributed by atoms with Gasteiger partial charge >= 0.3 is 0 Å². The Balaban J connectivity index is 1.43. The second kappa shape index (κ2) is 10.8. The van der Waals surface area contributed by atoms with Crippen LogP contribution in [0.3, 0.4) is 0 Å². The Morgan fingerprint density at radius 1 is 0.750 bits per heavy atom. The Morgan fingerprint density at radius 2 is 1.27 bits per heavy atom. The molecule has 0 bridgehead atoms. The Bertz CT molecular complexity index is 1830. The summed E-state index contributed by atoms with van der Waals surface area (Å²) in [5, 5.41) is 16.7. The molecule has 1 amide bonds. The van der Waals surface area contributed by atoms with Crippen molar-refractivity contribution < 1.29 is 18.1 Å². The molecule has 0 aliphatic rings. The first-order valence-corrected chi connectivity index (χ1v) is 13.5. The Labute approximate surface area is 229 Å². The number of rotatable bonds is 8. The average molecular weight is 555 g/mol. The van der Waals surface area contributed by atoms with Gasteiger partial charge in [-0.25, -0.2) is 18.4 Å². The number of fused-ring (bicyclic) bond motifs is 1. The topological polar surface area (TPSA) is 156 Å². The van der Waals surface area contributed by atoms with Gasteiger partial charge in [0.05, 0.1) is 20.9 Å². The maximum Gasteiger partial charge on any atom is 0.269 e. The predicted octanol–water partition coefficient (Wildman–Crippen LogP) is 5.71. The molecule has 12 heteroatoms. The number of nitro benzene ring substituents is 1. The summed E-state index contributed by atoms with van der Waals surface area (Å²) in [6.07, 6.45) is 0. The zero-order valence-electron chi connectivity index (χ0n) is 21.0. The molecule has 200 valence electrons. The number of carbonyl (C=O) groups is 1. The van der Waals surface area contributed by atoms with Crippen molar-refractivity contribution in [2.24, 2.45) is 0 Å². The van der Waals surface area contributed by atoms with Gasteiger partial charge in [-0.3, -0.25) is 19.6 Å². The summed E-state index contributed by atoms with van der Waals surface area (Å²) in [5.41, 5.74) is 3.81. The number of sulfonamides is 1. The molecule has 5 aromatic rings. The molecule has 0 unspecified atom stereocenters. The van der Waals surface area contributed by atoms with Crippen LogP contribution in [-0.4, -0.2) is 29.2 Å². The lowest BCUT2D eigenvalue weighted by atomic mass is 10.1. The Hall–Kier alpha value is -5.36. The van der Waals surface area contributed by atoms with Crippen LogP contribution < -0.4 is 15.4 Å². The van der Waals surface area contributed by atoms with E-state index >= 15 is 0 Å². The molecular weight excluding hydrogens is 532 g/mol. The quantitative estimate of drug-likeness (QED) is 0.163. The molecule has 0 aliphatic carbocycles. The van der Waals surface area contributed by atoms with Crippen LogP contribution in [-0.2, 0) is 14.8 Å². The van der Waals surface area contributed by atoms with Crippen molar-refractivity contribution in [3.63, 3.8) is 0 Å². The summed E-state index contributed by atoms with van der Waals surface area (Å²) in [6, 6.07) is 26.3. The van der Waals surface area contributed by atoms with E-state index in [4.69, 9.17) is 0 Å². The third kappa shape index (κ3) is 5.87. The summed E-state index contributed by atoms with van der Waals surface area (Å²) >= 11 is 0. The summed E-state index contributed by atoms with van der Waals surface area (Å²) in [4.78, 5) is 30.8. The molecule has 0 atom stereocenters. The molecule has 0 spiro atoms. The van der Waals surface area contributed by atoms with E-state index in [-0.39, 0.29) is 28.1 Å². The van der Waals surface area contributed by atoms with Crippen LogP contribution in [0.5, 0.6) is 0 Å². The highest BCUT2D eigenvalue weighted by Gasteiger charge is 2.19. The minimum Gasteiger partial charge on any atom is -0.337 e. The summed E-state index contributed by atoms with van der Waals surface area (Å²) in [6.45, 7) is 1.36. The van der Waals surface area contributed by atoms with Crippen molar-refractivity contribution >= 4 is 55.7 Å². The third-order valence-corrected chi connectivity index (χ3v) is 7.20. The van der Waals surface area contributed by atoms with Crippen molar-refractivity contribution in [2.75, 3.05) is 15.4 Å². The zero-order chi connectivity index (χ0) is 28.3. The summed E-state index contributed by atoms with van der Waals surface area (Å²) in [7, 11) is -4.05. The zero-order valence-corrected chi connectivity index (χ0v) is 21.8. The van der Waals surface area contributed by atoms with E-state index in [9.17, 15) is 23.3 Å². The molecular formula is C28H22N6O5S. The lowest BCUT2D eigenvalue weighted by molar-refractivity contribution is -0.384. The number of nitrogens with one attached hydrogen (secondary N) is 3. The van der Waals surface area contributed by atoms with Crippen LogP contribution >= 0.6 is 0 Å². The van der Waals surface area contributed by atoms with Crippen LogP contribution in [0.4, 0.5) is 28.7 Å². The number of hydrogen-bond acceptors (Lipinski definition) is 8. The van der Waals surface area contributed by atoms with Crippen LogP contribution in [0, 0.1) is 10.1 Å². The van der Waals surface area contributed by atoms with Gasteiger partial charge in [0.2, 0.25) is 5.91 Å². The molecule has 0 fully saturated rings. The molecule has 0 radical (unpaired) electrons. The second-order valence-corrected chi connectivity index (χ2v) is 10.4. The van der Waals surface area contributed by atoms with E-state index < -0.39 is 14.9 Å². The van der Waals surface area contributed by atoms with Crippen molar-refractivity contribution in [3.8, 4) is 11.1 Å². The minimum atomic E-state index is -4.05. The average Bonchev–Trinajstić information content (AvgIpc) is 2.93. The number of benzene rings is 4. The second-order valence-electron chi connectivity index (χ2n) is 8.73. The van der Waals surface area contributed by atoms with Crippen molar-refractivity contribution in [1.82, 2.24) is 9.97 Å². The Morgan fingerprint density at radius 3 is 1.82 bits per heavy atom. The molecule has 4 aromatic carbocycles. The number of non-ortho nitro benzene ring substituents is 1. The standard InChI is InChI=1S/C28H22N6O5S/c1-18(35)29-21-12-16-24(17-13-21)40(38,39)33-28-27(31-25-4-2-3-5-26(25)32-28)30-22-10-6-19(7-11-22)20-8-14-23(15-9-20)34(36)37/h2-17H,1H3,(H,29,35)(H,30,31)(H,32,33). The number of nitrogens with zero attached hydrogens (tertiary/aromatic N) is 3. The van der Waals surface area contributed by atoms with E-state index in [1.54, 1.807) is 48.5 Å². The van der Waals surface area contributed by atoms with Crippen LogP contribution in [0.25, 0.3) is 22.2 Å². The summed E-state index contributed by atoms with van der Waals surface area (Å²) in [5.74, 6) is -0.0685. The van der Waals surface area contributed by atoms with Gasteiger partial charge in [0, 0.05) is 30.4 Å². The fraction of sp³-hybridized carbons (Fsp3) is 0.0357. The molecule has 0 saturated heterocycles. The highest BCUT2D eigenvalue weighted by molar-refractivity contribution is 7.92. The molecule has 0 saturated carbocycles. The van der Waals surface area contributed by atoms with E-state index in [0.717, 1.165) is 11.1 Å². The fourth-order valence-electron chi connectivity index (χ4n) is 3.92. The molecule has 0 aliphatic heterocycles. The van der Waals surface area contributed by atoms with Crippen LogP contribution in [0.1, 0.15) is 6.92 Å². The van der Waals surface area contributed by atoms with Crippen LogP contribution in [0.2, 0.25) is 0 Å². The SMILES string of the molecule is CC(=O)Nc1ccc(S(=O)(=O)Nc2nc3ccccc3nc2Nc2ccc(-c3ccc([N+](=O)[O-])cc3)cc2)cc1. The highest BCUT2D eigenvalue weighted by Crippen LogP contribution is 2.29. The molecule has 11 nitrogen and oxygen atoms in total. The number of aromatic nitrogens is 2.